The van der Waals surface area contributed by atoms with E-state index in [9.17, 15) is 0 Å². The van der Waals surface area contributed by atoms with Crippen molar-refractivity contribution >= 4 is 0 Å². The highest BCUT2D eigenvalue weighted by Gasteiger charge is 2.50. The van der Waals surface area contributed by atoms with E-state index in [2.05, 4.69) is 18.3 Å². The molecule has 0 aromatic carbocycles. The number of nitriles is 1. The van der Waals surface area contributed by atoms with E-state index in [-0.39, 0.29) is 0 Å². The molecule has 0 bridgehead atoms. The van der Waals surface area contributed by atoms with Gasteiger partial charge in [-0.2, -0.15) is 5.26 Å². The van der Waals surface area contributed by atoms with Crippen molar-refractivity contribution in [2.24, 2.45) is 11.8 Å². The third kappa shape index (κ3) is 1.86. The molecule has 0 amide bonds. The van der Waals surface area contributed by atoms with Crippen molar-refractivity contribution in [1.82, 2.24) is 5.32 Å². The summed E-state index contributed by atoms with van der Waals surface area (Å²) >= 11 is 0. The van der Waals surface area contributed by atoms with Gasteiger partial charge in [-0.25, -0.2) is 0 Å². The van der Waals surface area contributed by atoms with E-state index < -0.39 is 0 Å². The molecule has 2 nitrogen and oxygen atoms in total. The van der Waals surface area contributed by atoms with Gasteiger partial charge in [-0.15, -0.1) is 0 Å². The van der Waals surface area contributed by atoms with Gasteiger partial charge in [0.05, 0.1) is 12.5 Å². The first-order valence-electron chi connectivity index (χ1n) is 5.46. The summed E-state index contributed by atoms with van der Waals surface area (Å²) in [4.78, 5) is 0. The Bertz CT molecular complexity index is 207. The zero-order valence-corrected chi connectivity index (χ0v) is 8.29. The van der Waals surface area contributed by atoms with Crippen LogP contribution in [0.1, 0.15) is 39.0 Å². The molecule has 0 spiro atoms. The molecule has 2 heteroatoms. The number of nitrogens with zero attached hydrogens (tertiary/aromatic N) is 1. The van der Waals surface area contributed by atoms with Crippen molar-refractivity contribution in [3.63, 3.8) is 0 Å². The fourth-order valence-corrected chi connectivity index (χ4v) is 2.76. The predicted octanol–water partition coefficient (Wildman–Crippen LogP) is 2.07. The second kappa shape index (κ2) is 3.67. The number of nitrogens with one attached hydrogen (secondary N) is 1. The van der Waals surface area contributed by atoms with Crippen LogP contribution in [-0.4, -0.2) is 12.1 Å². The molecule has 3 atom stereocenters. The van der Waals surface area contributed by atoms with Crippen LogP contribution in [0.25, 0.3) is 0 Å². The highest BCUT2D eigenvalue weighted by Crippen LogP contribution is 2.49. The fraction of sp³-hybridized carbons (Fsp3) is 0.909. The van der Waals surface area contributed by atoms with Gasteiger partial charge in [0.15, 0.2) is 0 Å². The topological polar surface area (TPSA) is 35.8 Å². The van der Waals surface area contributed by atoms with Gasteiger partial charge in [0.25, 0.3) is 0 Å². The van der Waals surface area contributed by atoms with Crippen LogP contribution in [0.4, 0.5) is 0 Å². The zero-order valence-electron chi connectivity index (χ0n) is 8.29. The summed E-state index contributed by atoms with van der Waals surface area (Å²) in [5.41, 5.74) is 0. The Morgan fingerprint density at radius 3 is 2.54 bits per heavy atom. The molecule has 0 aromatic rings. The van der Waals surface area contributed by atoms with Crippen molar-refractivity contribution in [2.45, 2.75) is 51.1 Å². The molecule has 0 aromatic heterocycles. The van der Waals surface area contributed by atoms with Crippen molar-refractivity contribution < 1.29 is 0 Å². The number of fused-ring (bicyclic) bond motifs is 1. The molecule has 13 heavy (non-hydrogen) atoms. The van der Waals surface area contributed by atoms with Crippen molar-refractivity contribution in [2.75, 3.05) is 0 Å². The van der Waals surface area contributed by atoms with Gasteiger partial charge in [0, 0.05) is 12.1 Å². The standard InChI is InChI=1S/C11H18N2/c1-8(6-7-12)13-11-9-4-2-3-5-10(9)11/h8-11,13H,2-6H2,1H3. The second-order valence-electron chi connectivity index (χ2n) is 4.57. The molecule has 72 valence electrons. The number of hydrogen-bond acceptors (Lipinski definition) is 2. The van der Waals surface area contributed by atoms with Crippen LogP contribution >= 0.6 is 0 Å². The van der Waals surface area contributed by atoms with Gasteiger partial charge in [-0.05, 0) is 31.6 Å². The minimum absolute atomic E-state index is 0.389. The number of hydrogen-bond donors (Lipinski definition) is 1. The van der Waals surface area contributed by atoms with E-state index in [4.69, 9.17) is 5.26 Å². The van der Waals surface area contributed by atoms with Crippen LogP contribution in [0.3, 0.4) is 0 Å². The summed E-state index contributed by atoms with van der Waals surface area (Å²) in [7, 11) is 0. The average Bonchev–Trinajstić information content (AvgIpc) is 2.80. The first kappa shape index (κ1) is 9.02. The van der Waals surface area contributed by atoms with E-state index in [0.717, 1.165) is 17.9 Å². The maximum atomic E-state index is 8.54. The first-order valence-corrected chi connectivity index (χ1v) is 5.46. The lowest BCUT2D eigenvalue weighted by Crippen LogP contribution is -2.29. The Morgan fingerprint density at radius 2 is 2.00 bits per heavy atom. The van der Waals surface area contributed by atoms with Crippen molar-refractivity contribution in [3.05, 3.63) is 0 Å². The minimum Gasteiger partial charge on any atom is -0.310 e. The highest BCUT2D eigenvalue weighted by molar-refractivity contribution is 5.05. The van der Waals surface area contributed by atoms with E-state index in [1.165, 1.54) is 25.7 Å². The molecule has 2 saturated carbocycles. The normalized spacial score (nSPS) is 38.9. The average molecular weight is 178 g/mol. The highest BCUT2D eigenvalue weighted by atomic mass is 15.0. The lowest BCUT2D eigenvalue weighted by molar-refractivity contribution is 0.480. The Labute approximate surface area is 80.3 Å². The third-order valence-electron chi connectivity index (χ3n) is 3.53. The maximum Gasteiger partial charge on any atom is 0.0638 e. The molecule has 1 N–H and O–H groups in total. The molecule has 3 unspecified atom stereocenters. The molecular weight excluding hydrogens is 160 g/mol. The van der Waals surface area contributed by atoms with Gasteiger partial charge < -0.3 is 5.32 Å². The Hall–Kier alpha value is -0.550. The quantitative estimate of drug-likeness (QED) is 0.718. The SMILES string of the molecule is CC(CC#N)NC1C2CCCCC21. The maximum absolute atomic E-state index is 8.54. The van der Waals surface area contributed by atoms with Gasteiger partial charge in [-0.1, -0.05) is 12.8 Å². The molecule has 2 rings (SSSR count). The summed E-state index contributed by atoms with van der Waals surface area (Å²) in [5, 5.41) is 12.1. The van der Waals surface area contributed by atoms with Crippen LogP contribution in [0.5, 0.6) is 0 Å². The smallest absolute Gasteiger partial charge is 0.0638 e. The van der Waals surface area contributed by atoms with Crippen molar-refractivity contribution in [1.29, 1.82) is 5.26 Å². The largest absolute Gasteiger partial charge is 0.310 e. The molecule has 2 aliphatic carbocycles. The first-order chi connectivity index (χ1) is 6.33. The summed E-state index contributed by atoms with van der Waals surface area (Å²) in [6.07, 6.45) is 6.33. The fourth-order valence-electron chi connectivity index (χ4n) is 2.76. The minimum atomic E-state index is 0.389. The van der Waals surface area contributed by atoms with E-state index in [0.29, 0.717) is 12.5 Å². The molecule has 0 saturated heterocycles. The van der Waals surface area contributed by atoms with Crippen LogP contribution in [-0.2, 0) is 0 Å². The van der Waals surface area contributed by atoms with Gasteiger partial charge in [-0.3, -0.25) is 0 Å². The van der Waals surface area contributed by atoms with Gasteiger partial charge in [0.2, 0.25) is 0 Å². The van der Waals surface area contributed by atoms with E-state index >= 15 is 0 Å². The molecule has 2 fully saturated rings. The molecule has 0 aliphatic heterocycles. The van der Waals surface area contributed by atoms with Gasteiger partial charge >= 0.3 is 0 Å². The summed E-state index contributed by atoms with van der Waals surface area (Å²) in [6, 6.07) is 3.36. The Morgan fingerprint density at radius 1 is 1.38 bits per heavy atom. The second-order valence-corrected chi connectivity index (χ2v) is 4.57. The van der Waals surface area contributed by atoms with E-state index in [1.54, 1.807) is 0 Å². The molecule has 0 radical (unpaired) electrons. The van der Waals surface area contributed by atoms with Crippen LogP contribution in [0.15, 0.2) is 0 Å². The van der Waals surface area contributed by atoms with Crippen LogP contribution in [0.2, 0.25) is 0 Å². The van der Waals surface area contributed by atoms with Crippen molar-refractivity contribution in [3.8, 4) is 6.07 Å². The third-order valence-corrected chi connectivity index (χ3v) is 3.53. The lowest BCUT2D eigenvalue weighted by atomic mass is 10.0. The molecule has 2 aliphatic rings. The molecule has 0 heterocycles. The lowest BCUT2D eigenvalue weighted by Gasteiger charge is -2.08. The Balaban J connectivity index is 1.75. The predicted molar refractivity (Wildman–Crippen MR) is 52.1 cm³/mol. The van der Waals surface area contributed by atoms with Crippen LogP contribution < -0.4 is 5.32 Å². The van der Waals surface area contributed by atoms with Gasteiger partial charge in [0.1, 0.15) is 0 Å². The number of rotatable bonds is 3. The van der Waals surface area contributed by atoms with E-state index in [1.807, 2.05) is 0 Å². The Kier molecular flexibility index (Phi) is 2.55. The molecular formula is C11H18N2. The summed E-state index contributed by atoms with van der Waals surface area (Å²) in [5.74, 6) is 1.91. The summed E-state index contributed by atoms with van der Waals surface area (Å²) in [6.45, 7) is 2.12. The van der Waals surface area contributed by atoms with Crippen LogP contribution in [0, 0.1) is 23.2 Å². The zero-order chi connectivity index (χ0) is 9.26. The summed E-state index contributed by atoms with van der Waals surface area (Å²) < 4.78 is 0. The monoisotopic (exact) mass is 178 g/mol.